The van der Waals surface area contributed by atoms with Crippen molar-refractivity contribution in [2.24, 2.45) is 0 Å². The van der Waals surface area contributed by atoms with Gasteiger partial charge in [0.25, 0.3) is 0 Å². The van der Waals surface area contributed by atoms with Gasteiger partial charge in [-0.1, -0.05) is 22.0 Å². The molecule has 0 aliphatic heterocycles. The van der Waals surface area contributed by atoms with Gasteiger partial charge in [-0.3, -0.25) is 0 Å². The van der Waals surface area contributed by atoms with E-state index in [1.807, 2.05) is 7.05 Å². The third-order valence-corrected chi connectivity index (χ3v) is 2.95. The predicted octanol–water partition coefficient (Wildman–Crippen LogP) is 2.31. The molecule has 2 rings (SSSR count). The largest absolute Gasteiger partial charge is 0.319 e. The molecule has 0 heterocycles. The van der Waals surface area contributed by atoms with E-state index in [2.05, 4.69) is 39.4 Å². The van der Waals surface area contributed by atoms with Crippen molar-refractivity contribution in [3.8, 4) is 0 Å². The summed E-state index contributed by atoms with van der Waals surface area (Å²) in [6.45, 7) is 1.11. The van der Waals surface area contributed by atoms with E-state index in [0.717, 1.165) is 12.5 Å². The Labute approximate surface area is 81.3 Å². The number of benzene rings is 1. The lowest BCUT2D eigenvalue weighted by atomic mass is 9.78. The summed E-state index contributed by atoms with van der Waals surface area (Å²) in [5, 5.41) is 3.21. The maximum Gasteiger partial charge on any atom is 0.0178 e. The summed E-state index contributed by atoms with van der Waals surface area (Å²) in [6.07, 6.45) is 1.23. The smallest absolute Gasteiger partial charge is 0.0178 e. The van der Waals surface area contributed by atoms with Crippen LogP contribution in [0.3, 0.4) is 0 Å². The summed E-state index contributed by atoms with van der Waals surface area (Å²) in [5.41, 5.74) is 3.03. The maximum absolute atomic E-state index is 3.47. The summed E-state index contributed by atoms with van der Waals surface area (Å²) in [5.74, 6) is 0.748. The molecule has 0 saturated carbocycles. The molecule has 1 N–H and O–H groups in total. The summed E-state index contributed by atoms with van der Waals surface area (Å²) in [4.78, 5) is 0. The van der Waals surface area contributed by atoms with E-state index in [4.69, 9.17) is 0 Å². The molecule has 1 aliphatic rings. The van der Waals surface area contributed by atoms with E-state index in [0.29, 0.717) is 0 Å². The van der Waals surface area contributed by atoms with Crippen LogP contribution in [0.1, 0.15) is 17.0 Å². The number of hydrogen-bond donors (Lipinski definition) is 1. The third-order valence-electron chi connectivity index (χ3n) is 2.46. The number of fused-ring (bicyclic) bond motifs is 1. The van der Waals surface area contributed by atoms with Gasteiger partial charge in [0.15, 0.2) is 0 Å². The highest BCUT2D eigenvalue weighted by molar-refractivity contribution is 9.10. The molecule has 2 heteroatoms. The van der Waals surface area contributed by atoms with Crippen LogP contribution in [0.5, 0.6) is 0 Å². The van der Waals surface area contributed by atoms with E-state index in [1.165, 1.54) is 22.0 Å². The second kappa shape index (κ2) is 3.19. The van der Waals surface area contributed by atoms with Gasteiger partial charge in [0.2, 0.25) is 0 Å². The Morgan fingerprint density at radius 1 is 1.58 bits per heavy atom. The van der Waals surface area contributed by atoms with Gasteiger partial charge in [0.05, 0.1) is 0 Å². The molecule has 12 heavy (non-hydrogen) atoms. The van der Waals surface area contributed by atoms with Gasteiger partial charge in [-0.05, 0) is 36.7 Å². The van der Waals surface area contributed by atoms with Gasteiger partial charge >= 0.3 is 0 Å². The van der Waals surface area contributed by atoms with Gasteiger partial charge in [-0.2, -0.15) is 0 Å². The highest BCUT2D eigenvalue weighted by atomic mass is 79.9. The molecule has 1 unspecified atom stereocenters. The van der Waals surface area contributed by atoms with Crippen LogP contribution in [-0.4, -0.2) is 13.6 Å². The van der Waals surface area contributed by atoms with Crippen LogP contribution in [0.2, 0.25) is 0 Å². The van der Waals surface area contributed by atoms with E-state index >= 15 is 0 Å². The lowest BCUT2D eigenvalue weighted by Crippen LogP contribution is -2.26. The number of halogens is 1. The highest BCUT2D eigenvalue weighted by Crippen LogP contribution is 2.35. The Bertz CT molecular complexity index is 296. The standard InChI is InChI=1S/C10H12BrN/c1-12-6-8-4-7-5-9(11)2-3-10(7)8/h2-3,5,8,12H,4,6H2,1H3. The van der Waals surface area contributed by atoms with Crippen LogP contribution in [0, 0.1) is 0 Å². The Balaban J connectivity index is 2.19. The molecule has 0 spiro atoms. The van der Waals surface area contributed by atoms with Crippen molar-refractivity contribution in [2.45, 2.75) is 12.3 Å². The molecule has 1 aromatic rings. The second-order valence-corrected chi connectivity index (χ2v) is 4.22. The molecule has 1 atom stereocenters. The van der Waals surface area contributed by atoms with Crippen LogP contribution in [-0.2, 0) is 6.42 Å². The molecule has 64 valence electrons. The van der Waals surface area contributed by atoms with Gasteiger partial charge in [-0.15, -0.1) is 0 Å². The number of hydrogen-bond acceptors (Lipinski definition) is 1. The van der Waals surface area contributed by atoms with E-state index in [-0.39, 0.29) is 0 Å². The topological polar surface area (TPSA) is 12.0 Å². The molecule has 1 aromatic carbocycles. The lowest BCUT2D eigenvalue weighted by molar-refractivity contribution is 0.568. The monoisotopic (exact) mass is 225 g/mol. The lowest BCUT2D eigenvalue weighted by Gasteiger charge is -2.30. The average Bonchev–Trinajstić information content (AvgIpc) is 2.01. The van der Waals surface area contributed by atoms with E-state index in [9.17, 15) is 0 Å². The first-order valence-corrected chi connectivity index (χ1v) is 5.03. The van der Waals surface area contributed by atoms with Gasteiger partial charge in [-0.25, -0.2) is 0 Å². The first-order chi connectivity index (χ1) is 5.81. The number of nitrogens with one attached hydrogen (secondary N) is 1. The minimum atomic E-state index is 0.748. The molecule has 0 fully saturated rings. The predicted molar refractivity (Wildman–Crippen MR) is 54.5 cm³/mol. The fourth-order valence-electron chi connectivity index (χ4n) is 1.82. The average molecular weight is 226 g/mol. The summed E-state index contributed by atoms with van der Waals surface area (Å²) in [6, 6.07) is 6.58. The first kappa shape index (κ1) is 8.27. The Morgan fingerprint density at radius 2 is 2.42 bits per heavy atom. The third kappa shape index (κ3) is 1.29. The zero-order chi connectivity index (χ0) is 8.55. The zero-order valence-corrected chi connectivity index (χ0v) is 8.69. The molecule has 0 saturated heterocycles. The Hall–Kier alpha value is -0.340. The minimum absolute atomic E-state index is 0.748. The molecule has 1 nitrogen and oxygen atoms in total. The normalized spacial score (nSPS) is 20.0. The van der Waals surface area contributed by atoms with Crippen LogP contribution >= 0.6 is 15.9 Å². The van der Waals surface area contributed by atoms with Crippen LogP contribution in [0.4, 0.5) is 0 Å². The Kier molecular flexibility index (Phi) is 2.20. The summed E-state index contributed by atoms with van der Waals surface area (Å²) < 4.78 is 1.20. The van der Waals surface area contributed by atoms with Crippen LogP contribution < -0.4 is 5.32 Å². The van der Waals surface area contributed by atoms with Gasteiger partial charge in [0, 0.05) is 16.9 Å². The van der Waals surface area contributed by atoms with Crippen molar-refractivity contribution >= 4 is 15.9 Å². The zero-order valence-electron chi connectivity index (χ0n) is 7.10. The quantitative estimate of drug-likeness (QED) is 0.815. The minimum Gasteiger partial charge on any atom is -0.319 e. The summed E-state index contributed by atoms with van der Waals surface area (Å²) in [7, 11) is 2.01. The fraction of sp³-hybridized carbons (Fsp3) is 0.400. The van der Waals surface area contributed by atoms with Crippen molar-refractivity contribution < 1.29 is 0 Å². The molecule has 0 radical (unpaired) electrons. The van der Waals surface area contributed by atoms with E-state index in [1.54, 1.807) is 0 Å². The maximum atomic E-state index is 3.47. The summed E-state index contributed by atoms with van der Waals surface area (Å²) >= 11 is 3.47. The van der Waals surface area contributed by atoms with Crippen molar-refractivity contribution in [2.75, 3.05) is 13.6 Å². The molecule has 1 aliphatic carbocycles. The van der Waals surface area contributed by atoms with E-state index < -0.39 is 0 Å². The Morgan fingerprint density at radius 3 is 3.08 bits per heavy atom. The molecule has 0 bridgehead atoms. The van der Waals surface area contributed by atoms with Crippen LogP contribution in [0.15, 0.2) is 22.7 Å². The molecular weight excluding hydrogens is 214 g/mol. The first-order valence-electron chi connectivity index (χ1n) is 4.24. The van der Waals surface area contributed by atoms with Crippen molar-refractivity contribution in [1.29, 1.82) is 0 Å². The van der Waals surface area contributed by atoms with Crippen LogP contribution in [0.25, 0.3) is 0 Å². The van der Waals surface area contributed by atoms with Crippen molar-refractivity contribution in [1.82, 2.24) is 5.32 Å². The molecular formula is C10H12BrN. The molecule has 0 aromatic heterocycles. The number of rotatable bonds is 2. The fourth-order valence-corrected chi connectivity index (χ4v) is 2.23. The van der Waals surface area contributed by atoms with Crippen molar-refractivity contribution in [3.63, 3.8) is 0 Å². The molecule has 0 amide bonds. The highest BCUT2D eigenvalue weighted by Gasteiger charge is 2.24. The van der Waals surface area contributed by atoms with Gasteiger partial charge < -0.3 is 5.32 Å². The second-order valence-electron chi connectivity index (χ2n) is 3.30. The number of likely N-dealkylation sites (N-methyl/N-ethyl adjacent to an activating group) is 1. The van der Waals surface area contributed by atoms with Gasteiger partial charge in [0.1, 0.15) is 0 Å². The SMILES string of the molecule is CNCC1Cc2cc(Br)ccc21. The van der Waals surface area contributed by atoms with Crippen molar-refractivity contribution in [3.05, 3.63) is 33.8 Å².